The quantitative estimate of drug-likeness (QED) is 0.687. The molecule has 1 amide bonds. The zero-order chi connectivity index (χ0) is 18.4. The second kappa shape index (κ2) is 6.19. The lowest BCUT2D eigenvalue weighted by Gasteiger charge is -2.22. The maximum atomic E-state index is 13.2. The second-order valence-electron chi connectivity index (χ2n) is 5.77. The van der Waals surface area contributed by atoms with E-state index in [1.54, 1.807) is 19.9 Å². The molecule has 1 N–H and O–H groups in total. The van der Waals surface area contributed by atoms with E-state index < -0.39 is 23.5 Å². The van der Waals surface area contributed by atoms with Crippen LogP contribution >= 0.6 is 22.7 Å². The molecule has 0 aromatic carbocycles. The molecule has 3 aromatic rings. The molecular formula is C17H13N3O4S2. The molecule has 0 saturated carbocycles. The van der Waals surface area contributed by atoms with Gasteiger partial charge in [0.25, 0.3) is 5.91 Å². The van der Waals surface area contributed by atoms with E-state index in [1.807, 2.05) is 16.8 Å². The van der Waals surface area contributed by atoms with E-state index in [9.17, 15) is 14.7 Å². The topological polar surface area (TPSA) is 96.5 Å². The van der Waals surface area contributed by atoms with Crippen LogP contribution in [0.3, 0.4) is 0 Å². The molecule has 0 aliphatic carbocycles. The van der Waals surface area contributed by atoms with Crippen molar-refractivity contribution in [2.24, 2.45) is 0 Å². The Morgan fingerprint density at radius 3 is 2.77 bits per heavy atom. The predicted molar refractivity (Wildman–Crippen MR) is 96.6 cm³/mol. The van der Waals surface area contributed by atoms with Crippen LogP contribution in [0.5, 0.6) is 0 Å². The number of Topliss-reactive ketones (excluding diaryl/α,β-unsaturated/α-hetero) is 1. The van der Waals surface area contributed by atoms with Gasteiger partial charge in [-0.15, -0.1) is 10.2 Å². The van der Waals surface area contributed by atoms with Crippen molar-refractivity contribution in [2.45, 2.75) is 19.9 Å². The number of hydrogen-bond acceptors (Lipinski definition) is 8. The Bertz CT molecular complexity index is 1020. The van der Waals surface area contributed by atoms with E-state index in [0.29, 0.717) is 22.2 Å². The van der Waals surface area contributed by atoms with E-state index in [1.165, 1.54) is 21.7 Å². The van der Waals surface area contributed by atoms with E-state index in [2.05, 4.69) is 10.2 Å². The van der Waals surface area contributed by atoms with E-state index >= 15 is 0 Å². The molecule has 1 unspecified atom stereocenters. The summed E-state index contributed by atoms with van der Waals surface area (Å²) in [5.74, 6) is -0.644. The number of aliphatic hydroxyl groups is 1. The lowest BCUT2D eigenvalue weighted by Crippen LogP contribution is -2.30. The highest BCUT2D eigenvalue weighted by Crippen LogP contribution is 2.43. The molecule has 132 valence electrons. The fourth-order valence-electron chi connectivity index (χ4n) is 3.05. The van der Waals surface area contributed by atoms with Crippen LogP contribution < -0.4 is 4.90 Å². The van der Waals surface area contributed by atoms with Crippen molar-refractivity contribution in [3.63, 3.8) is 0 Å². The van der Waals surface area contributed by atoms with Gasteiger partial charge in [0.15, 0.2) is 11.5 Å². The van der Waals surface area contributed by atoms with Crippen molar-refractivity contribution in [3.8, 4) is 0 Å². The van der Waals surface area contributed by atoms with Crippen LogP contribution in [-0.4, -0.2) is 27.0 Å². The van der Waals surface area contributed by atoms with E-state index in [0.717, 1.165) is 16.9 Å². The summed E-state index contributed by atoms with van der Waals surface area (Å²) >= 11 is 2.60. The maximum Gasteiger partial charge on any atom is 0.296 e. The smallest absolute Gasteiger partial charge is 0.296 e. The van der Waals surface area contributed by atoms with Crippen molar-refractivity contribution < 1.29 is 19.1 Å². The number of hydrogen-bond donors (Lipinski definition) is 1. The number of ketones is 1. The largest absolute Gasteiger partial charge is 0.503 e. The van der Waals surface area contributed by atoms with Gasteiger partial charge in [-0.05, 0) is 42.3 Å². The van der Waals surface area contributed by atoms with Crippen LogP contribution in [0.4, 0.5) is 5.13 Å². The van der Waals surface area contributed by atoms with Gasteiger partial charge >= 0.3 is 0 Å². The van der Waals surface area contributed by atoms with Gasteiger partial charge in [0.1, 0.15) is 17.0 Å². The van der Waals surface area contributed by atoms with E-state index in [-0.39, 0.29) is 5.57 Å². The van der Waals surface area contributed by atoms with E-state index in [4.69, 9.17) is 4.42 Å². The number of carbonyl (C=O) groups is 2. The number of aromatic nitrogens is 2. The molecule has 0 fully saturated rings. The first kappa shape index (κ1) is 16.7. The summed E-state index contributed by atoms with van der Waals surface area (Å²) in [6.07, 6.45) is 0. The summed E-state index contributed by atoms with van der Waals surface area (Å²) in [7, 11) is 0. The Hall–Kier alpha value is -2.78. The van der Waals surface area contributed by atoms with Gasteiger partial charge < -0.3 is 9.52 Å². The Kier molecular flexibility index (Phi) is 3.97. The summed E-state index contributed by atoms with van der Waals surface area (Å²) in [5, 5.41) is 22.2. The normalized spacial score (nSPS) is 17.4. The monoisotopic (exact) mass is 387 g/mol. The maximum absolute atomic E-state index is 13.2. The lowest BCUT2D eigenvalue weighted by molar-refractivity contribution is -0.117. The number of carbonyl (C=O) groups excluding carboxylic acids is 2. The van der Waals surface area contributed by atoms with Crippen molar-refractivity contribution in [1.29, 1.82) is 0 Å². The third kappa shape index (κ3) is 2.47. The molecule has 0 radical (unpaired) electrons. The van der Waals surface area contributed by atoms with Gasteiger partial charge in [-0.3, -0.25) is 14.5 Å². The van der Waals surface area contributed by atoms with Crippen molar-refractivity contribution in [2.75, 3.05) is 4.90 Å². The van der Waals surface area contributed by atoms with Crippen LogP contribution in [0.25, 0.3) is 0 Å². The molecule has 1 aliphatic rings. The number of aliphatic hydroxyl groups excluding tert-OH is 1. The molecule has 1 atom stereocenters. The molecule has 4 heterocycles. The number of nitrogens with zero attached hydrogens (tertiary/aromatic N) is 3. The van der Waals surface area contributed by atoms with Crippen LogP contribution in [0, 0.1) is 13.8 Å². The highest BCUT2D eigenvalue weighted by Gasteiger charge is 2.46. The first-order chi connectivity index (χ1) is 12.5. The highest BCUT2D eigenvalue weighted by atomic mass is 32.1. The number of thiophene rings is 1. The third-order valence-corrected chi connectivity index (χ3v) is 5.54. The molecule has 4 rings (SSSR count). The average molecular weight is 387 g/mol. The van der Waals surface area contributed by atoms with Crippen LogP contribution in [0.15, 0.2) is 44.2 Å². The summed E-state index contributed by atoms with van der Waals surface area (Å²) in [6, 6.07) is 2.67. The van der Waals surface area contributed by atoms with Gasteiger partial charge in [0.2, 0.25) is 5.13 Å². The van der Waals surface area contributed by atoms with Gasteiger partial charge in [-0.25, -0.2) is 0 Å². The van der Waals surface area contributed by atoms with Crippen molar-refractivity contribution in [3.05, 3.63) is 62.4 Å². The predicted octanol–water partition coefficient (Wildman–Crippen LogP) is 3.59. The molecule has 9 heteroatoms. The first-order valence-electron chi connectivity index (χ1n) is 7.65. The number of furan rings is 1. The fraction of sp³-hybridized carbons (Fsp3) is 0.176. The Labute approximate surface area is 156 Å². The van der Waals surface area contributed by atoms with Gasteiger partial charge in [0, 0.05) is 0 Å². The molecule has 1 aliphatic heterocycles. The minimum Gasteiger partial charge on any atom is -0.503 e. The molecule has 0 bridgehead atoms. The summed E-state index contributed by atoms with van der Waals surface area (Å²) in [5.41, 5.74) is 2.57. The molecule has 3 aromatic heterocycles. The Morgan fingerprint density at radius 1 is 1.38 bits per heavy atom. The number of anilines is 1. The van der Waals surface area contributed by atoms with Crippen LogP contribution in [0.2, 0.25) is 0 Å². The van der Waals surface area contributed by atoms with Crippen molar-refractivity contribution in [1.82, 2.24) is 10.2 Å². The molecule has 7 nitrogen and oxygen atoms in total. The number of aryl methyl sites for hydroxylation is 2. The SMILES string of the molecule is Cc1cc(C(=O)C2=C(O)C(=O)N(c3nncs3)C2c2ccsc2)c(C)o1. The standard InChI is InChI=1S/C17H13N3O4S2/c1-8-5-11(9(2)24-8)14(21)12-13(10-3-4-25-6-10)20(16(23)15(12)22)17-19-18-7-26-17/h3-7,13,22H,1-2H3. The Morgan fingerprint density at radius 2 is 2.19 bits per heavy atom. The second-order valence-corrected chi connectivity index (χ2v) is 7.37. The van der Waals surface area contributed by atoms with Gasteiger partial charge in [-0.2, -0.15) is 11.3 Å². The zero-order valence-corrected chi connectivity index (χ0v) is 15.4. The average Bonchev–Trinajstić information content (AvgIpc) is 3.36. The summed E-state index contributed by atoms with van der Waals surface area (Å²) < 4.78 is 5.44. The first-order valence-corrected chi connectivity index (χ1v) is 9.48. The highest BCUT2D eigenvalue weighted by molar-refractivity contribution is 7.13. The molecular weight excluding hydrogens is 374 g/mol. The molecule has 0 saturated heterocycles. The zero-order valence-electron chi connectivity index (χ0n) is 13.8. The van der Waals surface area contributed by atoms with Crippen LogP contribution in [-0.2, 0) is 4.79 Å². The fourth-order valence-corrected chi connectivity index (χ4v) is 4.32. The van der Waals surface area contributed by atoms with Crippen molar-refractivity contribution >= 4 is 39.5 Å². The minimum atomic E-state index is -0.760. The third-order valence-electron chi connectivity index (χ3n) is 4.15. The molecule has 26 heavy (non-hydrogen) atoms. The lowest BCUT2D eigenvalue weighted by atomic mass is 9.94. The summed E-state index contributed by atoms with van der Waals surface area (Å²) in [6.45, 7) is 3.42. The Balaban J connectivity index is 1.87. The number of amides is 1. The van der Waals surface area contributed by atoms with Crippen LogP contribution in [0.1, 0.15) is 33.5 Å². The number of rotatable bonds is 4. The molecule has 0 spiro atoms. The summed E-state index contributed by atoms with van der Waals surface area (Å²) in [4.78, 5) is 27.2. The van der Waals surface area contributed by atoms with Gasteiger partial charge in [0.05, 0.1) is 17.2 Å². The van der Waals surface area contributed by atoms with Gasteiger partial charge in [-0.1, -0.05) is 11.3 Å². The minimum absolute atomic E-state index is 0.0208.